The summed E-state index contributed by atoms with van der Waals surface area (Å²) < 4.78 is 27.3. The first-order valence-corrected chi connectivity index (χ1v) is 9.44. The molecule has 0 saturated carbocycles. The van der Waals surface area contributed by atoms with Crippen molar-refractivity contribution in [3.63, 3.8) is 0 Å². The fraction of sp³-hybridized carbons (Fsp3) is 0.611. The SMILES string of the molecule is COC(=O)c1cn([C@@H]2O[C@H](COC(C)=O)[C@@H](OC(C)=O)[C@H](OC(C)=O)[C@H]2NC(C)=O)nn1. The predicted molar refractivity (Wildman–Crippen MR) is 101 cm³/mol. The van der Waals surface area contributed by atoms with Gasteiger partial charge in [-0.1, -0.05) is 5.21 Å². The molecule has 0 aliphatic carbocycles. The summed E-state index contributed by atoms with van der Waals surface area (Å²) in [5, 5.41) is 10.1. The summed E-state index contributed by atoms with van der Waals surface area (Å²) >= 11 is 0. The zero-order valence-electron chi connectivity index (χ0n) is 18.1. The minimum atomic E-state index is -1.26. The predicted octanol–water partition coefficient (Wildman–Crippen LogP) is -1.11. The van der Waals surface area contributed by atoms with Crippen molar-refractivity contribution in [1.29, 1.82) is 0 Å². The second kappa shape index (κ2) is 10.7. The van der Waals surface area contributed by atoms with Crippen LogP contribution in [0, 0.1) is 0 Å². The number of aromatic nitrogens is 3. The van der Waals surface area contributed by atoms with E-state index in [1.807, 2.05) is 0 Å². The van der Waals surface area contributed by atoms with Crippen LogP contribution >= 0.6 is 0 Å². The van der Waals surface area contributed by atoms with Gasteiger partial charge in [-0.2, -0.15) is 0 Å². The Morgan fingerprint density at radius 2 is 1.66 bits per heavy atom. The number of ether oxygens (including phenoxy) is 5. The third kappa shape index (κ3) is 6.23. The highest BCUT2D eigenvalue weighted by molar-refractivity contribution is 5.86. The molecule has 0 bridgehead atoms. The van der Waals surface area contributed by atoms with Gasteiger partial charge in [0.1, 0.15) is 18.8 Å². The van der Waals surface area contributed by atoms with E-state index in [9.17, 15) is 24.0 Å². The Balaban J connectivity index is 2.53. The number of amides is 1. The van der Waals surface area contributed by atoms with Crippen LogP contribution in [0.4, 0.5) is 0 Å². The molecule has 32 heavy (non-hydrogen) atoms. The topological polar surface area (TPSA) is 174 Å². The van der Waals surface area contributed by atoms with Crippen molar-refractivity contribution < 1.29 is 47.7 Å². The van der Waals surface area contributed by atoms with Crippen molar-refractivity contribution in [2.45, 2.75) is 58.3 Å². The van der Waals surface area contributed by atoms with Crippen LogP contribution in [0.15, 0.2) is 6.20 Å². The lowest BCUT2D eigenvalue weighted by atomic mass is 9.95. The second-order valence-corrected chi connectivity index (χ2v) is 6.82. The monoisotopic (exact) mass is 456 g/mol. The zero-order valence-corrected chi connectivity index (χ0v) is 18.1. The fourth-order valence-electron chi connectivity index (χ4n) is 3.13. The average molecular weight is 456 g/mol. The highest BCUT2D eigenvalue weighted by Gasteiger charge is 2.51. The maximum atomic E-state index is 11.9. The van der Waals surface area contributed by atoms with E-state index in [1.54, 1.807) is 0 Å². The molecule has 0 spiro atoms. The summed E-state index contributed by atoms with van der Waals surface area (Å²) in [5.74, 6) is -3.38. The van der Waals surface area contributed by atoms with E-state index in [1.165, 1.54) is 20.0 Å². The molecule has 5 atom stereocenters. The van der Waals surface area contributed by atoms with Crippen LogP contribution in [0.1, 0.15) is 44.4 Å². The van der Waals surface area contributed by atoms with Crippen molar-refractivity contribution in [2.24, 2.45) is 0 Å². The Morgan fingerprint density at radius 1 is 1.03 bits per heavy atom. The van der Waals surface area contributed by atoms with Crippen LogP contribution < -0.4 is 5.32 Å². The lowest BCUT2D eigenvalue weighted by Crippen LogP contribution is -2.64. The number of hydrogen-bond acceptors (Lipinski definition) is 12. The summed E-state index contributed by atoms with van der Waals surface area (Å²) in [6, 6.07) is -1.12. The van der Waals surface area contributed by atoms with Gasteiger partial charge < -0.3 is 29.0 Å². The van der Waals surface area contributed by atoms with Crippen LogP contribution in [0.2, 0.25) is 0 Å². The van der Waals surface area contributed by atoms with Gasteiger partial charge in [-0.3, -0.25) is 19.2 Å². The number of rotatable bonds is 7. The van der Waals surface area contributed by atoms with Gasteiger partial charge in [-0.15, -0.1) is 5.10 Å². The van der Waals surface area contributed by atoms with Crippen molar-refractivity contribution >= 4 is 29.8 Å². The Morgan fingerprint density at radius 3 is 2.19 bits per heavy atom. The van der Waals surface area contributed by atoms with E-state index in [0.717, 1.165) is 25.6 Å². The molecule has 2 heterocycles. The Hall–Kier alpha value is -3.55. The molecule has 1 aliphatic rings. The van der Waals surface area contributed by atoms with Crippen LogP contribution in [-0.2, 0) is 42.9 Å². The molecule has 1 saturated heterocycles. The highest BCUT2D eigenvalue weighted by atomic mass is 16.6. The molecule has 0 aromatic carbocycles. The molecular formula is C18H24N4O10. The normalized spacial score (nSPS) is 24.7. The van der Waals surface area contributed by atoms with Crippen molar-refractivity contribution in [3.8, 4) is 0 Å². The summed E-state index contributed by atoms with van der Waals surface area (Å²) in [6.07, 6.45) is -3.61. The summed E-state index contributed by atoms with van der Waals surface area (Å²) in [4.78, 5) is 58.6. The third-order valence-corrected chi connectivity index (χ3v) is 4.26. The second-order valence-electron chi connectivity index (χ2n) is 6.82. The van der Waals surface area contributed by atoms with E-state index in [2.05, 4.69) is 20.4 Å². The van der Waals surface area contributed by atoms with Crippen LogP contribution in [0.25, 0.3) is 0 Å². The first kappa shape index (κ1) is 24.7. The fourth-order valence-corrected chi connectivity index (χ4v) is 3.13. The van der Waals surface area contributed by atoms with Gasteiger partial charge in [0.15, 0.2) is 24.1 Å². The van der Waals surface area contributed by atoms with Gasteiger partial charge >= 0.3 is 23.9 Å². The van der Waals surface area contributed by atoms with E-state index in [4.69, 9.17) is 18.9 Å². The smallest absolute Gasteiger partial charge is 0.360 e. The summed E-state index contributed by atoms with van der Waals surface area (Å²) in [5.41, 5.74) is -0.152. The molecule has 1 fully saturated rings. The number of hydrogen-bond donors (Lipinski definition) is 1. The summed E-state index contributed by atoms with van der Waals surface area (Å²) in [7, 11) is 1.16. The Labute approximate surface area is 182 Å². The standard InChI is InChI=1S/C18H24N4O10/c1-8(23)19-14-16(31-11(4)26)15(30-10(3)25)13(7-29-9(2)24)32-17(14)22-6-12(20-21-22)18(27)28-5/h6,13-17H,7H2,1-5H3,(H,19,23)/t13-,14-,15-,16-,17-/m1/s1. The largest absolute Gasteiger partial charge is 0.464 e. The molecule has 1 N–H and O–H groups in total. The van der Waals surface area contributed by atoms with Crippen LogP contribution in [0.3, 0.4) is 0 Å². The minimum Gasteiger partial charge on any atom is -0.464 e. The first-order valence-electron chi connectivity index (χ1n) is 9.44. The van der Waals surface area contributed by atoms with E-state index < -0.39 is 60.4 Å². The molecule has 14 heteroatoms. The maximum absolute atomic E-state index is 11.9. The maximum Gasteiger partial charge on any atom is 0.360 e. The van der Waals surface area contributed by atoms with Gasteiger partial charge in [0.25, 0.3) is 0 Å². The van der Waals surface area contributed by atoms with Crippen molar-refractivity contribution in [2.75, 3.05) is 13.7 Å². The van der Waals surface area contributed by atoms with Crippen LogP contribution in [0.5, 0.6) is 0 Å². The summed E-state index contributed by atoms with van der Waals surface area (Å²) in [6.45, 7) is 4.28. The number of nitrogens with one attached hydrogen (secondary N) is 1. The minimum absolute atomic E-state index is 0.152. The van der Waals surface area contributed by atoms with Crippen molar-refractivity contribution in [3.05, 3.63) is 11.9 Å². The average Bonchev–Trinajstić information content (AvgIpc) is 3.17. The van der Waals surface area contributed by atoms with Gasteiger partial charge in [0.2, 0.25) is 5.91 Å². The number of esters is 4. The van der Waals surface area contributed by atoms with E-state index in [0.29, 0.717) is 0 Å². The molecule has 1 amide bonds. The quantitative estimate of drug-likeness (QED) is 0.388. The Bertz CT molecular complexity index is 885. The third-order valence-electron chi connectivity index (χ3n) is 4.26. The van der Waals surface area contributed by atoms with Gasteiger partial charge in [0.05, 0.1) is 13.3 Å². The molecule has 1 aliphatic heterocycles. The molecule has 2 rings (SSSR count). The van der Waals surface area contributed by atoms with Crippen LogP contribution in [-0.4, -0.2) is 82.8 Å². The van der Waals surface area contributed by atoms with Gasteiger partial charge in [-0.25, -0.2) is 9.48 Å². The number of methoxy groups -OCH3 is 1. The molecular weight excluding hydrogens is 432 g/mol. The van der Waals surface area contributed by atoms with Crippen molar-refractivity contribution in [1.82, 2.24) is 20.3 Å². The molecule has 1 aromatic heterocycles. The lowest BCUT2D eigenvalue weighted by Gasteiger charge is -2.44. The van der Waals surface area contributed by atoms with E-state index >= 15 is 0 Å². The highest BCUT2D eigenvalue weighted by Crippen LogP contribution is 2.32. The van der Waals surface area contributed by atoms with Gasteiger partial charge in [-0.05, 0) is 0 Å². The zero-order chi connectivity index (χ0) is 24.0. The molecule has 1 aromatic rings. The molecule has 0 unspecified atom stereocenters. The number of carbonyl (C=O) groups excluding carboxylic acids is 5. The molecule has 14 nitrogen and oxygen atoms in total. The Kier molecular flexibility index (Phi) is 8.23. The van der Waals surface area contributed by atoms with Gasteiger partial charge in [0, 0.05) is 27.7 Å². The number of carbonyl (C=O) groups is 5. The number of nitrogens with zero attached hydrogens (tertiary/aromatic N) is 3. The molecule has 176 valence electrons. The lowest BCUT2D eigenvalue weighted by molar-refractivity contribution is -0.239. The van der Waals surface area contributed by atoms with E-state index in [-0.39, 0.29) is 12.3 Å². The molecule has 0 radical (unpaired) electrons. The first-order chi connectivity index (χ1) is 15.0.